The molecule has 1 aromatic rings. The van der Waals surface area contributed by atoms with Gasteiger partial charge in [-0.3, -0.25) is 0 Å². The van der Waals surface area contributed by atoms with Crippen molar-refractivity contribution in [2.75, 3.05) is 13.7 Å². The Morgan fingerprint density at radius 2 is 2.16 bits per heavy atom. The molecule has 0 aliphatic heterocycles. The molecular formula is C16H21NO2. The number of hydrogen-bond donors (Lipinski definition) is 1. The largest absolute Gasteiger partial charge is 0.493 e. The standard InChI is InChI=1S/C16H21NO2/c1-3-4-5-10-19-15-9-6-13(11-16(15)18-2)12-17-14-7-8-14/h6,9,11,14,17H,5,7-8,10,12H2,1-2H3. The molecule has 19 heavy (non-hydrogen) atoms. The molecule has 0 spiro atoms. The Morgan fingerprint density at radius 1 is 1.32 bits per heavy atom. The van der Waals surface area contributed by atoms with Crippen molar-refractivity contribution in [3.63, 3.8) is 0 Å². The second kappa shape index (κ2) is 7.06. The minimum atomic E-state index is 0.594. The molecule has 102 valence electrons. The van der Waals surface area contributed by atoms with E-state index in [9.17, 15) is 0 Å². The van der Waals surface area contributed by atoms with Crippen LogP contribution >= 0.6 is 0 Å². The SMILES string of the molecule is CC#CCCOc1ccc(CNC2CC2)cc1OC. The van der Waals surface area contributed by atoms with Gasteiger partial charge in [-0.25, -0.2) is 0 Å². The Hall–Kier alpha value is -1.66. The molecule has 1 saturated carbocycles. The highest BCUT2D eigenvalue weighted by Crippen LogP contribution is 2.28. The van der Waals surface area contributed by atoms with Gasteiger partial charge >= 0.3 is 0 Å². The third kappa shape index (κ3) is 4.50. The average molecular weight is 259 g/mol. The molecule has 0 aromatic heterocycles. The van der Waals surface area contributed by atoms with E-state index in [0.29, 0.717) is 6.61 Å². The molecule has 0 amide bonds. The number of ether oxygens (including phenoxy) is 2. The Bertz CT molecular complexity index is 469. The van der Waals surface area contributed by atoms with Crippen LogP contribution in [-0.4, -0.2) is 19.8 Å². The van der Waals surface area contributed by atoms with Crippen molar-refractivity contribution < 1.29 is 9.47 Å². The fourth-order valence-electron chi connectivity index (χ4n) is 1.83. The first-order valence-electron chi connectivity index (χ1n) is 6.76. The first-order valence-corrected chi connectivity index (χ1v) is 6.76. The Labute approximate surface area is 115 Å². The van der Waals surface area contributed by atoms with Crippen LogP contribution in [0, 0.1) is 11.8 Å². The normalized spacial score (nSPS) is 13.6. The molecule has 1 N–H and O–H groups in total. The lowest BCUT2D eigenvalue weighted by atomic mass is 10.2. The molecule has 1 aliphatic carbocycles. The van der Waals surface area contributed by atoms with E-state index < -0.39 is 0 Å². The van der Waals surface area contributed by atoms with Gasteiger partial charge in [0.15, 0.2) is 11.5 Å². The molecule has 0 unspecified atom stereocenters. The molecule has 0 bridgehead atoms. The third-order valence-corrected chi connectivity index (χ3v) is 3.06. The van der Waals surface area contributed by atoms with Crippen molar-refractivity contribution in [1.82, 2.24) is 5.32 Å². The maximum absolute atomic E-state index is 5.68. The zero-order valence-corrected chi connectivity index (χ0v) is 11.7. The highest BCUT2D eigenvalue weighted by atomic mass is 16.5. The van der Waals surface area contributed by atoms with E-state index in [-0.39, 0.29) is 0 Å². The van der Waals surface area contributed by atoms with Gasteiger partial charge in [-0.2, -0.15) is 0 Å². The number of nitrogens with one attached hydrogen (secondary N) is 1. The van der Waals surface area contributed by atoms with Gasteiger partial charge in [0.2, 0.25) is 0 Å². The van der Waals surface area contributed by atoms with E-state index in [0.717, 1.165) is 30.5 Å². The van der Waals surface area contributed by atoms with E-state index in [4.69, 9.17) is 9.47 Å². The summed E-state index contributed by atoms with van der Waals surface area (Å²) in [5, 5.41) is 3.49. The summed E-state index contributed by atoms with van der Waals surface area (Å²) in [6.45, 7) is 3.32. The van der Waals surface area contributed by atoms with Crippen LogP contribution in [0.3, 0.4) is 0 Å². The van der Waals surface area contributed by atoms with Gasteiger partial charge in [0.25, 0.3) is 0 Å². The Kier molecular flexibility index (Phi) is 5.11. The molecule has 0 atom stereocenters. The lowest BCUT2D eigenvalue weighted by molar-refractivity contribution is 0.301. The summed E-state index contributed by atoms with van der Waals surface area (Å²) in [7, 11) is 1.67. The highest BCUT2D eigenvalue weighted by molar-refractivity contribution is 5.43. The first kappa shape index (κ1) is 13.8. The topological polar surface area (TPSA) is 30.5 Å². The van der Waals surface area contributed by atoms with E-state index in [1.807, 2.05) is 19.1 Å². The van der Waals surface area contributed by atoms with E-state index in [2.05, 4.69) is 23.2 Å². The summed E-state index contributed by atoms with van der Waals surface area (Å²) in [6, 6.07) is 6.81. The van der Waals surface area contributed by atoms with Crippen LogP contribution in [0.2, 0.25) is 0 Å². The summed E-state index contributed by atoms with van der Waals surface area (Å²) >= 11 is 0. The molecular weight excluding hydrogens is 238 g/mol. The average Bonchev–Trinajstić information content (AvgIpc) is 3.26. The minimum absolute atomic E-state index is 0.594. The number of rotatable bonds is 7. The number of methoxy groups -OCH3 is 1. The van der Waals surface area contributed by atoms with E-state index in [1.54, 1.807) is 7.11 Å². The molecule has 3 nitrogen and oxygen atoms in total. The van der Waals surface area contributed by atoms with Crippen LogP contribution in [-0.2, 0) is 6.54 Å². The van der Waals surface area contributed by atoms with Crippen LogP contribution in [0.5, 0.6) is 11.5 Å². The Morgan fingerprint density at radius 3 is 2.84 bits per heavy atom. The minimum Gasteiger partial charge on any atom is -0.493 e. The van der Waals surface area contributed by atoms with Crippen molar-refractivity contribution in [1.29, 1.82) is 0 Å². The van der Waals surface area contributed by atoms with Crippen molar-refractivity contribution in [3.05, 3.63) is 23.8 Å². The maximum Gasteiger partial charge on any atom is 0.161 e. The lowest BCUT2D eigenvalue weighted by Crippen LogP contribution is -2.15. The van der Waals surface area contributed by atoms with Gasteiger partial charge in [0.1, 0.15) is 0 Å². The maximum atomic E-state index is 5.68. The second-order valence-electron chi connectivity index (χ2n) is 4.67. The van der Waals surface area contributed by atoms with Crippen LogP contribution in [0.15, 0.2) is 18.2 Å². The molecule has 1 aliphatic rings. The van der Waals surface area contributed by atoms with Gasteiger partial charge < -0.3 is 14.8 Å². The zero-order chi connectivity index (χ0) is 13.5. The van der Waals surface area contributed by atoms with Gasteiger partial charge in [-0.05, 0) is 37.5 Å². The summed E-state index contributed by atoms with van der Waals surface area (Å²) in [5.41, 5.74) is 1.23. The van der Waals surface area contributed by atoms with E-state index >= 15 is 0 Å². The summed E-state index contributed by atoms with van der Waals surface area (Å²) in [5.74, 6) is 7.42. The Balaban J connectivity index is 1.91. The molecule has 0 saturated heterocycles. The molecule has 1 fully saturated rings. The zero-order valence-electron chi connectivity index (χ0n) is 11.7. The second-order valence-corrected chi connectivity index (χ2v) is 4.67. The number of hydrogen-bond acceptors (Lipinski definition) is 3. The van der Waals surface area contributed by atoms with Gasteiger partial charge in [-0.15, -0.1) is 11.8 Å². The third-order valence-electron chi connectivity index (χ3n) is 3.06. The van der Waals surface area contributed by atoms with Crippen molar-refractivity contribution in [3.8, 4) is 23.3 Å². The van der Waals surface area contributed by atoms with Gasteiger partial charge in [-0.1, -0.05) is 6.07 Å². The smallest absolute Gasteiger partial charge is 0.161 e. The predicted molar refractivity (Wildman–Crippen MR) is 76.4 cm³/mol. The first-order chi connectivity index (χ1) is 9.33. The fourth-order valence-corrected chi connectivity index (χ4v) is 1.83. The fraction of sp³-hybridized carbons (Fsp3) is 0.500. The van der Waals surface area contributed by atoms with Crippen molar-refractivity contribution >= 4 is 0 Å². The van der Waals surface area contributed by atoms with Crippen LogP contribution in [0.25, 0.3) is 0 Å². The predicted octanol–water partition coefficient (Wildman–Crippen LogP) is 2.74. The summed E-state index contributed by atoms with van der Waals surface area (Å²) in [6.07, 6.45) is 3.35. The van der Waals surface area contributed by atoms with Crippen LogP contribution in [0.1, 0.15) is 31.7 Å². The van der Waals surface area contributed by atoms with Gasteiger partial charge in [0, 0.05) is 19.0 Å². The van der Waals surface area contributed by atoms with Crippen molar-refractivity contribution in [2.45, 2.75) is 38.8 Å². The molecule has 0 radical (unpaired) electrons. The quantitative estimate of drug-likeness (QED) is 0.603. The van der Waals surface area contributed by atoms with Crippen LogP contribution < -0.4 is 14.8 Å². The summed E-state index contributed by atoms with van der Waals surface area (Å²) < 4.78 is 11.1. The number of benzene rings is 1. The summed E-state index contributed by atoms with van der Waals surface area (Å²) in [4.78, 5) is 0. The highest BCUT2D eigenvalue weighted by Gasteiger charge is 2.20. The van der Waals surface area contributed by atoms with Crippen molar-refractivity contribution in [2.24, 2.45) is 0 Å². The molecule has 3 heteroatoms. The molecule has 2 rings (SSSR count). The molecule has 0 heterocycles. The lowest BCUT2D eigenvalue weighted by Gasteiger charge is -2.11. The van der Waals surface area contributed by atoms with Crippen LogP contribution in [0.4, 0.5) is 0 Å². The monoisotopic (exact) mass is 259 g/mol. The van der Waals surface area contributed by atoms with Gasteiger partial charge in [0.05, 0.1) is 13.7 Å². The molecule has 1 aromatic carbocycles. The van der Waals surface area contributed by atoms with E-state index in [1.165, 1.54) is 18.4 Å².